The highest BCUT2D eigenvalue weighted by Gasteiger charge is 2.23. The molecule has 1 saturated carbocycles. The molecule has 2 rings (SSSR count). The highest BCUT2D eigenvalue weighted by molar-refractivity contribution is 6.33. The first-order valence-electron chi connectivity index (χ1n) is 4.83. The summed E-state index contributed by atoms with van der Waals surface area (Å²) in [6.07, 6.45) is 2.34. The molecule has 0 spiro atoms. The molecule has 1 fully saturated rings. The molecule has 0 aliphatic heterocycles. The topological polar surface area (TPSA) is 46.5 Å². The fraction of sp³-hybridized carbons (Fsp3) is 0.364. The van der Waals surface area contributed by atoms with Crippen molar-refractivity contribution in [3.63, 3.8) is 0 Å². The largest absolute Gasteiger partial charge is 0.492 e. The lowest BCUT2D eigenvalue weighted by Gasteiger charge is -2.09. The molecule has 1 aromatic carbocycles. The highest BCUT2D eigenvalue weighted by Crippen LogP contribution is 2.32. The van der Waals surface area contributed by atoms with Gasteiger partial charge >= 0.3 is 5.97 Å². The van der Waals surface area contributed by atoms with Gasteiger partial charge < -0.3 is 9.84 Å². The van der Waals surface area contributed by atoms with E-state index >= 15 is 0 Å². The van der Waals surface area contributed by atoms with E-state index in [0.29, 0.717) is 18.3 Å². The molecule has 80 valence electrons. The van der Waals surface area contributed by atoms with Crippen LogP contribution in [0.25, 0.3) is 0 Å². The van der Waals surface area contributed by atoms with E-state index in [1.54, 1.807) is 18.2 Å². The summed E-state index contributed by atoms with van der Waals surface area (Å²) in [5.74, 6) is -0.0982. The van der Waals surface area contributed by atoms with Crippen molar-refractivity contribution in [1.29, 1.82) is 0 Å². The van der Waals surface area contributed by atoms with Gasteiger partial charge in [-0.15, -0.1) is 0 Å². The normalized spacial score (nSPS) is 15.0. The van der Waals surface area contributed by atoms with Gasteiger partial charge in [0, 0.05) is 0 Å². The zero-order chi connectivity index (χ0) is 10.8. The minimum Gasteiger partial charge on any atom is -0.492 e. The fourth-order valence-electron chi connectivity index (χ4n) is 1.32. The number of rotatable bonds is 4. The van der Waals surface area contributed by atoms with E-state index in [4.69, 9.17) is 21.4 Å². The van der Waals surface area contributed by atoms with E-state index in [2.05, 4.69) is 0 Å². The molecule has 0 bridgehead atoms. The van der Waals surface area contributed by atoms with Gasteiger partial charge in [0.15, 0.2) is 0 Å². The Labute approximate surface area is 92.6 Å². The van der Waals surface area contributed by atoms with Crippen LogP contribution in [0.4, 0.5) is 0 Å². The number of ether oxygens (including phenoxy) is 1. The van der Waals surface area contributed by atoms with Crippen molar-refractivity contribution < 1.29 is 14.6 Å². The van der Waals surface area contributed by atoms with Gasteiger partial charge in [0.2, 0.25) is 0 Å². The molecule has 0 aromatic heterocycles. The van der Waals surface area contributed by atoms with Crippen molar-refractivity contribution in [1.82, 2.24) is 0 Å². The molecule has 0 atom stereocenters. The SMILES string of the molecule is O=C(O)c1c(Cl)cccc1OCC1CC1. The Hall–Kier alpha value is -1.22. The molecule has 1 aliphatic carbocycles. The van der Waals surface area contributed by atoms with E-state index in [1.165, 1.54) is 12.8 Å². The minimum atomic E-state index is -1.05. The summed E-state index contributed by atoms with van der Waals surface area (Å²) >= 11 is 5.79. The third-order valence-corrected chi connectivity index (χ3v) is 2.68. The number of aromatic carboxylic acids is 1. The van der Waals surface area contributed by atoms with E-state index < -0.39 is 5.97 Å². The third-order valence-electron chi connectivity index (χ3n) is 2.36. The average Bonchev–Trinajstić information content (AvgIpc) is 2.97. The predicted molar refractivity (Wildman–Crippen MR) is 56.6 cm³/mol. The van der Waals surface area contributed by atoms with E-state index in [0.717, 1.165) is 0 Å². The van der Waals surface area contributed by atoms with Gasteiger partial charge in [-0.05, 0) is 30.9 Å². The number of carboxylic acid groups (broad SMARTS) is 1. The Balaban J connectivity index is 2.19. The summed E-state index contributed by atoms with van der Waals surface area (Å²) < 4.78 is 5.44. The highest BCUT2D eigenvalue weighted by atomic mass is 35.5. The monoisotopic (exact) mass is 226 g/mol. The van der Waals surface area contributed by atoms with Crippen LogP contribution in [0.3, 0.4) is 0 Å². The lowest BCUT2D eigenvalue weighted by atomic mass is 10.2. The number of benzene rings is 1. The third kappa shape index (κ3) is 2.42. The van der Waals surface area contributed by atoms with Crippen molar-refractivity contribution in [2.24, 2.45) is 5.92 Å². The first-order valence-corrected chi connectivity index (χ1v) is 5.21. The van der Waals surface area contributed by atoms with Crippen molar-refractivity contribution in [2.45, 2.75) is 12.8 Å². The van der Waals surface area contributed by atoms with Crippen molar-refractivity contribution in [2.75, 3.05) is 6.61 Å². The smallest absolute Gasteiger partial charge is 0.341 e. The predicted octanol–water partition coefficient (Wildman–Crippen LogP) is 2.83. The van der Waals surface area contributed by atoms with Crippen LogP contribution in [-0.2, 0) is 0 Å². The first kappa shape index (κ1) is 10.3. The summed E-state index contributed by atoms with van der Waals surface area (Å²) in [6, 6.07) is 4.88. The van der Waals surface area contributed by atoms with Gasteiger partial charge in [-0.1, -0.05) is 17.7 Å². The first-order chi connectivity index (χ1) is 7.18. The van der Waals surface area contributed by atoms with E-state index in [9.17, 15) is 4.79 Å². The van der Waals surface area contributed by atoms with Crippen LogP contribution in [0, 0.1) is 5.92 Å². The molecule has 0 amide bonds. The number of carboxylic acids is 1. The standard InChI is InChI=1S/C11H11ClO3/c12-8-2-1-3-9(10(8)11(13)14)15-6-7-4-5-7/h1-3,7H,4-6H2,(H,13,14). The number of carbonyl (C=O) groups is 1. The Morgan fingerprint density at radius 2 is 2.27 bits per heavy atom. The van der Waals surface area contributed by atoms with E-state index in [-0.39, 0.29) is 10.6 Å². The molecule has 0 radical (unpaired) electrons. The molecule has 1 aromatic rings. The molecule has 4 heteroatoms. The van der Waals surface area contributed by atoms with Crippen LogP contribution in [0.2, 0.25) is 5.02 Å². The quantitative estimate of drug-likeness (QED) is 0.859. The summed E-state index contributed by atoms with van der Waals surface area (Å²) in [5.41, 5.74) is 0.0554. The van der Waals surface area contributed by atoms with Gasteiger partial charge in [0.1, 0.15) is 11.3 Å². The second-order valence-electron chi connectivity index (χ2n) is 3.67. The Morgan fingerprint density at radius 1 is 1.53 bits per heavy atom. The summed E-state index contributed by atoms with van der Waals surface area (Å²) in [4.78, 5) is 10.9. The lowest BCUT2D eigenvalue weighted by molar-refractivity contribution is 0.0692. The molecule has 0 unspecified atom stereocenters. The van der Waals surface area contributed by atoms with Gasteiger partial charge in [0.05, 0.1) is 11.6 Å². The Morgan fingerprint density at radius 3 is 2.87 bits per heavy atom. The maximum atomic E-state index is 10.9. The molecular weight excluding hydrogens is 216 g/mol. The summed E-state index contributed by atoms with van der Waals surface area (Å²) in [6.45, 7) is 0.584. The molecule has 15 heavy (non-hydrogen) atoms. The van der Waals surface area contributed by atoms with Crippen LogP contribution in [0.15, 0.2) is 18.2 Å². The molecule has 0 heterocycles. The van der Waals surface area contributed by atoms with Gasteiger partial charge in [-0.2, -0.15) is 0 Å². The van der Waals surface area contributed by atoms with Crippen LogP contribution >= 0.6 is 11.6 Å². The van der Waals surface area contributed by atoms with Crippen LogP contribution in [0.5, 0.6) is 5.75 Å². The van der Waals surface area contributed by atoms with Gasteiger partial charge in [-0.25, -0.2) is 4.79 Å². The molecular formula is C11H11ClO3. The lowest BCUT2D eigenvalue weighted by Crippen LogP contribution is -2.06. The maximum absolute atomic E-state index is 10.9. The van der Waals surface area contributed by atoms with Crippen LogP contribution in [0.1, 0.15) is 23.2 Å². The second kappa shape index (κ2) is 4.11. The molecule has 1 aliphatic rings. The zero-order valence-electron chi connectivity index (χ0n) is 8.07. The van der Waals surface area contributed by atoms with Crippen LogP contribution < -0.4 is 4.74 Å². The molecule has 3 nitrogen and oxygen atoms in total. The Bertz CT molecular complexity index is 385. The van der Waals surface area contributed by atoms with Crippen molar-refractivity contribution in [3.05, 3.63) is 28.8 Å². The van der Waals surface area contributed by atoms with Crippen molar-refractivity contribution in [3.8, 4) is 5.75 Å². The van der Waals surface area contributed by atoms with Gasteiger partial charge in [0.25, 0.3) is 0 Å². The number of halogens is 1. The van der Waals surface area contributed by atoms with Gasteiger partial charge in [-0.3, -0.25) is 0 Å². The van der Waals surface area contributed by atoms with E-state index in [1.807, 2.05) is 0 Å². The second-order valence-corrected chi connectivity index (χ2v) is 4.08. The summed E-state index contributed by atoms with van der Waals surface area (Å²) in [5, 5.41) is 9.18. The van der Waals surface area contributed by atoms with Crippen LogP contribution in [-0.4, -0.2) is 17.7 Å². The molecule has 1 N–H and O–H groups in total. The maximum Gasteiger partial charge on any atom is 0.341 e. The average molecular weight is 227 g/mol. The molecule has 0 saturated heterocycles. The zero-order valence-corrected chi connectivity index (χ0v) is 8.83. The fourth-order valence-corrected chi connectivity index (χ4v) is 1.57. The number of hydrogen-bond acceptors (Lipinski definition) is 2. The Kier molecular flexibility index (Phi) is 2.82. The minimum absolute atomic E-state index is 0.0554. The number of hydrogen-bond donors (Lipinski definition) is 1. The summed E-state index contributed by atoms with van der Waals surface area (Å²) in [7, 11) is 0. The van der Waals surface area contributed by atoms with Crippen molar-refractivity contribution >= 4 is 17.6 Å².